The summed E-state index contributed by atoms with van der Waals surface area (Å²) in [6.07, 6.45) is 15.5. The van der Waals surface area contributed by atoms with Gasteiger partial charge in [-0.1, -0.05) is 52.4 Å². The van der Waals surface area contributed by atoms with Crippen molar-refractivity contribution in [2.24, 2.45) is 11.7 Å². The van der Waals surface area contributed by atoms with E-state index in [1.54, 1.807) is 0 Å². The first-order chi connectivity index (χ1) is 16.9. The molecule has 1 aliphatic carbocycles. The molecule has 0 radical (unpaired) electrons. The number of amides is 3. The first-order valence-electron chi connectivity index (χ1n) is 13.3. The van der Waals surface area contributed by atoms with Crippen LogP contribution in [0.5, 0.6) is 0 Å². The number of likely N-dealkylation sites (N-methyl/N-ethyl adjacent to an activating group) is 1. The quantitative estimate of drug-likeness (QED) is 0.323. The van der Waals surface area contributed by atoms with Gasteiger partial charge in [0.25, 0.3) is 0 Å². The van der Waals surface area contributed by atoms with Crippen LogP contribution >= 0.6 is 0 Å². The third-order valence-corrected chi connectivity index (χ3v) is 6.28. The number of carbonyl (C=O) groups excluding carboxylic acids is 4. The van der Waals surface area contributed by atoms with Gasteiger partial charge in [-0.3, -0.25) is 19.3 Å². The van der Waals surface area contributed by atoms with Crippen LogP contribution in [0, 0.1) is 5.92 Å². The summed E-state index contributed by atoms with van der Waals surface area (Å²) in [5.41, 5.74) is 4.17. The molecule has 3 atom stereocenters. The molecule has 3 amide bonds. The van der Waals surface area contributed by atoms with Gasteiger partial charge in [0.2, 0.25) is 18.7 Å². The standard InChI is InChI=1S/C14H28N2O.C9H15NO2.C2H7N.CH3NO/c1-4-6-9-12(8-5-2)15-14(17)13-10-7-11-16(13)3;11-6-9(10-7-12)8-4-2-1-3-5-8;1-3-2;2-1-3/h12-13H,4-11H2,1-3H3,(H,15,17);6-9H,1-5H2,(H,10,12);3H,1-2H3;1H,(H2,2,3). The number of nitrogens with two attached hydrogens (primary N) is 1. The summed E-state index contributed by atoms with van der Waals surface area (Å²) in [6, 6.07) is 0.264. The maximum Gasteiger partial charge on any atom is 0.237 e. The second-order valence-corrected chi connectivity index (χ2v) is 9.26. The van der Waals surface area contributed by atoms with Crippen LogP contribution in [0.1, 0.15) is 90.9 Å². The van der Waals surface area contributed by atoms with E-state index >= 15 is 0 Å². The molecular weight excluding hydrogens is 446 g/mol. The number of hydrogen-bond acceptors (Lipinski definition) is 6. The monoisotopic (exact) mass is 499 g/mol. The fourth-order valence-corrected chi connectivity index (χ4v) is 4.48. The smallest absolute Gasteiger partial charge is 0.237 e. The van der Waals surface area contributed by atoms with Crippen LogP contribution in [0.3, 0.4) is 0 Å². The number of likely N-dealkylation sites (tertiary alicyclic amines) is 1. The van der Waals surface area contributed by atoms with Crippen LogP contribution in [-0.4, -0.2) is 75.7 Å². The minimum Gasteiger partial charge on any atom is -0.372 e. The normalized spacial score (nSPS) is 19.2. The van der Waals surface area contributed by atoms with Crippen molar-refractivity contribution in [3.63, 3.8) is 0 Å². The summed E-state index contributed by atoms with van der Waals surface area (Å²) >= 11 is 0. The zero-order chi connectivity index (χ0) is 26.9. The molecule has 1 saturated heterocycles. The Morgan fingerprint density at radius 3 is 2.03 bits per heavy atom. The van der Waals surface area contributed by atoms with E-state index in [4.69, 9.17) is 4.79 Å². The summed E-state index contributed by atoms with van der Waals surface area (Å²) in [6.45, 7) is 5.45. The molecule has 0 aromatic carbocycles. The Bertz CT molecular complexity index is 530. The van der Waals surface area contributed by atoms with Crippen LogP contribution in [0.4, 0.5) is 0 Å². The minimum atomic E-state index is -0.247. The molecule has 1 aliphatic heterocycles. The molecule has 35 heavy (non-hydrogen) atoms. The van der Waals surface area contributed by atoms with E-state index < -0.39 is 0 Å². The molecule has 2 rings (SSSR count). The maximum atomic E-state index is 12.2. The van der Waals surface area contributed by atoms with Gasteiger partial charge in [-0.25, -0.2) is 0 Å². The topological polar surface area (TPSA) is 134 Å². The van der Waals surface area contributed by atoms with E-state index in [-0.39, 0.29) is 24.4 Å². The molecule has 5 N–H and O–H groups in total. The van der Waals surface area contributed by atoms with Gasteiger partial charge in [0.1, 0.15) is 6.29 Å². The minimum absolute atomic E-state index is 0.121. The molecule has 9 nitrogen and oxygen atoms in total. The lowest BCUT2D eigenvalue weighted by Crippen LogP contribution is -2.45. The Kier molecular flexibility index (Phi) is 25.2. The highest BCUT2D eigenvalue weighted by Gasteiger charge is 2.28. The number of rotatable bonds is 11. The summed E-state index contributed by atoms with van der Waals surface area (Å²) in [5.74, 6) is 0.626. The number of nitrogens with zero attached hydrogens (tertiary/aromatic N) is 1. The fourth-order valence-electron chi connectivity index (χ4n) is 4.48. The van der Waals surface area contributed by atoms with Crippen LogP contribution in [0.25, 0.3) is 0 Å². The number of aldehydes is 1. The van der Waals surface area contributed by atoms with Gasteiger partial charge >= 0.3 is 0 Å². The first-order valence-corrected chi connectivity index (χ1v) is 13.3. The van der Waals surface area contributed by atoms with Gasteiger partial charge in [-0.2, -0.15) is 0 Å². The molecule has 9 heteroatoms. The maximum absolute atomic E-state index is 12.2. The number of nitrogens with one attached hydrogen (secondary N) is 3. The average molecular weight is 500 g/mol. The molecule has 0 bridgehead atoms. The van der Waals surface area contributed by atoms with Crippen molar-refractivity contribution in [1.29, 1.82) is 0 Å². The predicted molar refractivity (Wildman–Crippen MR) is 143 cm³/mol. The third kappa shape index (κ3) is 18.0. The van der Waals surface area contributed by atoms with E-state index in [9.17, 15) is 14.4 Å². The second kappa shape index (κ2) is 25.1. The molecule has 0 aromatic heterocycles. The Hall–Kier alpha value is -2.00. The zero-order valence-corrected chi connectivity index (χ0v) is 22.9. The average Bonchev–Trinajstić information content (AvgIpc) is 3.29. The van der Waals surface area contributed by atoms with Crippen molar-refractivity contribution in [1.82, 2.24) is 20.9 Å². The van der Waals surface area contributed by atoms with Gasteiger partial charge in [-0.05, 0) is 72.1 Å². The fraction of sp³-hybridized carbons (Fsp3) is 0.846. The van der Waals surface area contributed by atoms with Gasteiger partial charge in [0.05, 0.1) is 12.1 Å². The van der Waals surface area contributed by atoms with Crippen molar-refractivity contribution >= 4 is 25.0 Å². The van der Waals surface area contributed by atoms with Crippen molar-refractivity contribution in [3.05, 3.63) is 0 Å². The number of carbonyl (C=O) groups is 4. The second-order valence-electron chi connectivity index (χ2n) is 9.26. The third-order valence-electron chi connectivity index (χ3n) is 6.28. The van der Waals surface area contributed by atoms with Crippen molar-refractivity contribution in [2.75, 3.05) is 27.7 Å². The molecule has 0 spiro atoms. The number of unbranched alkanes of at least 4 members (excludes halogenated alkanes) is 1. The van der Waals surface area contributed by atoms with E-state index in [1.807, 2.05) is 14.1 Å². The van der Waals surface area contributed by atoms with E-state index in [0.717, 1.165) is 57.8 Å². The summed E-state index contributed by atoms with van der Waals surface area (Å²) in [7, 11) is 5.80. The lowest BCUT2D eigenvalue weighted by molar-refractivity contribution is -0.126. The van der Waals surface area contributed by atoms with E-state index in [2.05, 4.69) is 47.5 Å². The van der Waals surface area contributed by atoms with Crippen molar-refractivity contribution in [3.8, 4) is 0 Å². The molecule has 3 unspecified atom stereocenters. The molecule has 206 valence electrons. The highest BCUT2D eigenvalue weighted by Crippen LogP contribution is 2.25. The Labute approximate surface area is 213 Å². The van der Waals surface area contributed by atoms with Gasteiger partial charge < -0.3 is 26.5 Å². The Balaban J connectivity index is 0. The highest BCUT2D eigenvalue weighted by molar-refractivity contribution is 5.82. The van der Waals surface area contributed by atoms with Crippen molar-refractivity contribution in [2.45, 2.75) is 109 Å². The van der Waals surface area contributed by atoms with E-state index in [1.165, 1.54) is 32.1 Å². The van der Waals surface area contributed by atoms with Gasteiger partial charge in [0.15, 0.2) is 0 Å². The van der Waals surface area contributed by atoms with Crippen LogP contribution in [-0.2, 0) is 19.2 Å². The Morgan fingerprint density at radius 2 is 1.60 bits per heavy atom. The summed E-state index contributed by atoms with van der Waals surface area (Å²) in [4.78, 5) is 43.6. The first kappa shape index (κ1) is 35.2. The number of primary amides is 1. The molecule has 2 aliphatic rings. The number of hydrogen-bond donors (Lipinski definition) is 4. The highest BCUT2D eigenvalue weighted by atomic mass is 16.2. The summed E-state index contributed by atoms with van der Waals surface area (Å²) < 4.78 is 0. The van der Waals surface area contributed by atoms with E-state index in [0.29, 0.717) is 18.4 Å². The SMILES string of the molecule is CCCCC(CCC)NC(=O)C1CCCN1C.CNC.NC=O.O=CNC(C=O)C1CCCCC1. The molecule has 1 saturated carbocycles. The molecule has 1 heterocycles. The lowest BCUT2D eigenvalue weighted by atomic mass is 9.84. The lowest BCUT2D eigenvalue weighted by Gasteiger charge is -2.25. The Morgan fingerprint density at radius 1 is 1.00 bits per heavy atom. The van der Waals surface area contributed by atoms with Gasteiger partial charge in [-0.15, -0.1) is 0 Å². The molecular formula is C26H53N5O4. The molecule has 0 aromatic rings. The predicted octanol–water partition coefficient (Wildman–Crippen LogP) is 2.37. The van der Waals surface area contributed by atoms with Crippen LogP contribution < -0.4 is 21.7 Å². The molecule has 2 fully saturated rings. The van der Waals surface area contributed by atoms with Gasteiger partial charge in [0, 0.05) is 6.04 Å². The van der Waals surface area contributed by atoms with Crippen LogP contribution in [0.2, 0.25) is 0 Å². The summed E-state index contributed by atoms with van der Waals surface area (Å²) in [5, 5.41) is 8.55. The van der Waals surface area contributed by atoms with Crippen molar-refractivity contribution < 1.29 is 19.2 Å². The van der Waals surface area contributed by atoms with Crippen LogP contribution in [0.15, 0.2) is 0 Å². The zero-order valence-electron chi connectivity index (χ0n) is 22.9. The largest absolute Gasteiger partial charge is 0.372 e.